The Balaban J connectivity index is 3.40. The molecule has 0 amide bonds. The van der Waals surface area contributed by atoms with Crippen LogP contribution in [0.5, 0.6) is 0 Å². The molecule has 4 N–H and O–H groups in total. The number of aliphatic hydroxyl groups excluding tert-OH is 3. The summed E-state index contributed by atoms with van der Waals surface area (Å²) in [6.45, 7) is 2.84. The van der Waals surface area contributed by atoms with Crippen molar-refractivity contribution in [1.82, 2.24) is 5.32 Å². The van der Waals surface area contributed by atoms with Gasteiger partial charge in [0.1, 0.15) is 0 Å². The van der Waals surface area contributed by atoms with Crippen LogP contribution in [0.25, 0.3) is 0 Å². The third-order valence-electron chi connectivity index (χ3n) is 1.95. The van der Waals surface area contributed by atoms with E-state index in [1.54, 1.807) is 7.11 Å². The smallest absolute Gasteiger partial charge is 0.0897 e. The van der Waals surface area contributed by atoms with Crippen molar-refractivity contribution in [2.75, 3.05) is 40.0 Å². The van der Waals surface area contributed by atoms with Crippen molar-refractivity contribution in [3.63, 3.8) is 0 Å². The molecular weight excluding hydrogens is 214 g/mol. The molecule has 0 spiro atoms. The van der Waals surface area contributed by atoms with Gasteiger partial charge in [0.2, 0.25) is 0 Å². The Hall–Kier alpha value is -0.240. The van der Waals surface area contributed by atoms with E-state index in [0.29, 0.717) is 13.2 Å². The number of hydrogen-bond acceptors (Lipinski definition) is 6. The molecule has 0 aromatic heterocycles. The van der Waals surface area contributed by atoms with Crippen LogP contribution in [-0.4, -0.2) is 73.7 Å². The lowest BCUT2D eigenvalue weighted by Crippen LogP contribution is -2.37. The predicted molar refractivity (Wildman–Crippen MR) is 59.3 cm³/mol. The van der Waals surface area contributed by atoms with E-state index >= 15 is 0 Å². The fourth-order valence-electron chi connectivity index (χ4n) is 1.10. The molecular formula is C10H23NO5. The number of hydrogen-bond donors (Lipinski definition) is 4. The van der Waals surface area contributed by atoms with Gasteiger partial charge >= 0.3 is 0 Å². The zero-order chi connectivity index (χ0) is 12.4. The molecule has 0 aromatic rings. The molecule has 0 heterocycles. The summed E-state index contributed by atoms with van der Waals surface area (Å²) in [6, 6.07) is 0. The molecule has 0 saturated carbocycles. The third kappa shape index (κ3) is 9.02. The van der Waals surface area contributed by atoms with Gasteiger partial charge < -0.3 is 30.1 Å². The molecule has 0 aliphatic carbocycles. The first-order chi connectivity index (χ1) is 7.60. The van der Waals surface area contributed by atoms with E-state index in [4.69, 9.17) is 19.7 Å². The van der Waals surface area contributed by atoms with Gasteiger partial charge in [-0.3, -0.25) is 0 Å². The van der Waals surface area contributed by atoms with Gasteiger partial charge in [0.15, 0.2) is 0 Å². The monoisotopic (exact) mass is 237 g/mol. The summed E-state index contributed by atoms with van der Waals surface area (Å²) in [7, 11) is 1.59. The minimum atomic E-state index is -0.791. The van der Waals surface area contributed by atoms with E-state index in [1.807, 2.05) is 6.92 Å². The van der Waals surface area contributed by atoms with Crippen LogP contribution in [0.4, 0.5) is 0 Å². The van der Waals surface area contributed by atoms with Gasteiger partial charge in [-0.2, -0.15) is 0 Å². The Labute approximate surface area is 96.2 Å². The van der Waals surface area contributed by atoms with Crippen LogP contribution in [0, 0.1) is 0 Å². The zero-order valence-corrected chi connectivity index (χ0v) is 9.93. The van der Waals surface area contributed by atoms with Crippen molar-refractivity contribution in [2.24, 2.45) is 0 Å². The average molecular weight is 237 g/mol. The van der Waals surface area contributed by atoms with E-state index in [0.717, 1.165) is 0 Å². The Morgan fingerprint density at radius 2 is 1.75 bits per heavy atom. The van der Waals surface area contributed by atoms with Crippen molar-refractivity contribution < 1.29 is 24.8 Å². The van der Waals surface area contributed by atoms with Crippen LogP contribution >= 0.6 is 0 Å². The lowest BCUT2D eigenvalue weighted by molar-refractivity contribution is -0.0317. The maximum Gasteiger partial charge on any atom is 0.0897 e. The number of methoxy groups -OCH3 is 1. The van der Waals surface area contributed by atoms with Gasteiger partial charge in [-0.15, -0.1) is 0 Å². The lowest BCUT2D eigenvalue weighted by atomic mass is 10.3. The normalized spacial score (nSPS) is 17.1. The number of aliphatic hydroxyl groups is 3. The molecule has 0 bridgehead atoms. The number of nitrogens with one attached hydrogen (secondary N) is 1. The van der Waals surface area contributed by atoms with Gasteiger partial charge in [0.25, 0.3) is 0 Å². The summed E-state index contributed by atoms with van der Waals surface area (Å²) in [5, 5.41) is 29.9. The molecule has 0 radical (unpaired) electrons. The second-order valence-corrected chi connectivity index (χ2v) is 3.75. The van der Waals surface area contributed by atoms with Crippen molar-refractivity contribution >= 4 is 0 Å². The molecule has 3 unspecified atom stereocenters. The molecule has 0 saturated heterocycles. The molecule has 98 valence electrons. The minimum Gasteiger partial charge on any atom is -0.394 e. The summed E-state index contributed by atoms with van der Waals surface area (Å²) in [4.78, 5) is 0. The molecule has 0 rings (SSSR count). The lowest BCUT2D eigenvalue weighted by Gasteiger charge is -2.17. The third-order valence-corrected chi connectivity index (χ3v) is 1.95. The first-order valence-electron chi connectivity index (χ1n) is 5.38. The fourth-order valence-corrected chi connectivity index (χ4v) is 1.10. The highest BCUT2D eigenvalue weighted by atomic mass is 16.5. The summed E-state index contributed by atoms with van der Waals surface area (Å²) >= 11 is 0. The van der Waals surface area contributed by atoms with Gasteiger partial charge in [-0.05, 0) is 6.92 Å². The second kappa shape index (κ2) is 9.95. The maximum atomic E-state index is 9.48. The Bertz CT molecular complexity index is 158. The quantitative estimate of drug-likeness (QED) is 0.364. The largest absolute Gasteiger partial charge is 0.394 e. The van der Waals surface area contributed by atoms with Crippen molar-refractivity contribution in [1.29, 1.82) is 0 Å². The van der Waals surface area contributed by atoms with Crippen molar-refractivity contribution in [2.45, 2.75) is 25.2 Å². The van der Waals surface area contributed by atoms with Gasteiger partial charge in [0, 0.05) is 20.2 Å². The summed E-state index contributed by atoms with van der Waals surface area (Å²) in [5.41, 5.74) is 0. The van der Waals surface area contributed by atoms with E-state index < -0.39 is 12.2 Å². The van der Waals surface area contributed by atoms with E-state index in [-0.39, 0.29) is 25.9 Å². The Kier molecular flexibility index (Phi) is 9.80. The molecule has 3 atom stereocenters. The highest BCUT2D eigenvalue weighted by Gasteiger charge is 2.08. The molecule has 0 aromatic carbocycles. The zero-order valence-electron chi connectivity index (χ0n) is 9.93. The van der Waals surface area contributed by atoms with Gasteiger partial charge in [-0.1, -0.05) is 0 Å². The van der Waals surface area contributed by atoms with Crippen LogP contribution < -0.4 is 5.32 Å². The Morgan fingerprint density at radius 3 is 2.31 bits per heavy atom. The van der Waals surface area contributed by atoms with Crippen LogP contribution in [0.15, 0.2) is 0 Å². The maximum absolute atomic E-state index is 9.48. The number of ether oxygens (including phenoxy) is 2. The predicted octanol–water partition coefficient (Wildman–Crippen LogP) is -1.66. The van der Waals surface area contributed by atoms with E-state index in [1.165, 1.54) is 0 Å². The molecule has 0 aliphatic heterocycles. The minimum absolute atomic E-state index is 0.0531. The Morgan fingerprint density at radius 1 is 1.12 bits per heavy atom. The average Bonchev–Trinajstić information content (AvgIpc) is 2.26. The van der Waals surface area contributed by atoms with Crippen LogP contribution in [-0.2, 0) is 9.47 Å². The highest BCUT2D eigenvalue weighted by molar-refractivity contribution is 4.63. The first-order valence-corrected chi connectivity index (χ1v) is 5.38. The topological polar surface area (TPSA) is 91.2 Å². The SMILES string of the molecule is COCC(C)OCC(O)CNCC(O)CO. The first kappa shape index (κ1) is 15.8. The highest BCUT2D eigenvalue weighted by Crippen LogP contribution is 1.93. The molecule has 0 aliphatic rings. The van der Waals surface area contributed by atoms with Gasteiger partial charge in [-0.25, -0.2) is 0 Å². The van der Waals surface area contributed by atoms with E-state index in [9.17, 15) is 5.11 Å². The molecule has 6 heteroatoms. The van der Waals surface area contributed by atoms with Crippen molar-refractivity contribution in [3.8, 4) is 0 Å². The molecule has 6 nitrogen and oxygen atoms in total. The summed E-state index contributed by atoms with van der Waals surface area (Å²) in [5.74, 6) is 0. The van der Waals surface area contributed by atoms with Gasteiger partial charge in [0.05, 0.1) is 38.1 Å². The van der Waals surface area contributed by atoms with Crippen LogP contribution in [0.3, 0.4) is 0 Å². The second-order valence-electron chi connectivity index (χ2n) is 3.75. The van der Waals surface area contributed by atoms with Crippen molar-refractivity contribution in [3.05, 3.63) is 0 Å². The fraction of sp³-hybridized carbons (Fsp3) is 1.00. The molecule has 16 heavy (non-hydrogen) atoms. The number of rotatable bonds is 10. The summed E-state index contributed by atoms with van der Waals surface area (Å²) < 4.78 is 10.2. The van der Waals surface area contributed by atoms with Crippen LogP contribution in [0.1, 0.15) is 6.92 Å². The summed E-state index contributed by atoms with van der Waals surface area (Å²) in [6.07, 6.45) is -1.48. The van der Waals surface area contributed by atoms with Crippen LogP contribution in [0.2, 0.25) is 0 Å². The standard InChI is InChI=1S/C10H23NO5/c1-8(6-15-2)16-7-10(14)4-11-3-9(13)5-12/h8-14H,3-7H2,1-2H3. The molecule has 0 fully saturated rings. The van der Waals surface area contributed by atoms with E-state index in [2.05, 4.69) is 5.32 Å².